The van der Waals surface area contributed by atoms with E-state index in [2.05, 4.69) is 5.32 Å². The topological polar surface area (TPSA) is 38.3 Å². The molecule has 0 saturated carbocycles. The van der Waals surface area contributed by atoms with Crippen LogP contribution in [0.3, 0.4) is 0 Å². The molecule has 26 heavy (non-hydrogen) atoms. The zero-order valence-electron chi connectivity index (χ0n) is 14.6. The Morgan fingerprint density at radius 2 is 1.88 bits per heavy atom. The van der Waals surface area contributed by atoms with Crippen molar-refractivity contribution in [3.8, 4) is 5.75 Å². The maximum atomic E-state index is 12.2. The highest BCUT2D eigenvalue weighted by Crippen LogP contribution is 2.26. The van der Waals surface area contributed by atoms with Crippen LogP contribution in [0.4, 0.5) is 0 Å². The van der Waals surface area contributed by atoms with E-state index in [-0.39, 0.29) is 11.2 Å². The van der Waals surface area contributed by atoms with Crippen molar-refractivity contribution >= 4 is 52.6 Å². The first-order chi connectivity index (χ1) is 12.5. The molecule has 0 aliphatic heterocycles. The zero-order chi connectivity index (χ0) is 18.9. The number of methoxy groups -OCH3 is 1. The number of amides is 1. The number of carbonyl (C=O) groups is 1. The van der Waals surface area contributed by atoms with Gasteiger partial charge in [0.25, 0.3) is 0 Å². The van der Waals surface area contributed by atoms with E-state index in [0.29, 0.717) is 16.6 Å². The van der Waals surface area contributed by atoms with Gasteiger partial charge < -0.3 is 10.1 Å². The Bertz CT molecular complexity index is 726. The maximum Gasteiger partial charge on any atom is 0.233 e. The third-order valence-electron chi connectivity index (χ3n) is 3.54. The summed E-state index contributed by atoms with van der Waals surface area (Å²) in [7, 11) is 1.64. The highest BCUT2D eigenvalue weighted by molar-refractivity contribution is 8.00. The summed E-state index contributed by atoms with van der Waals surface area (Å²) in [5, 5.41) is 3.97. The first kappa shape index (κ1) is 21.3. The molecule has 0 aliphatic rings. The second kappa shape index (κ2) is 11.0. The highest BCUT2D eigenvalue weighted by atomic mass is 35.5. The molecule has 0 bridgehead atoms. The zero-order valence-corrected chi connectivity index (χ0v) is 17.8. The molecule has 0 spiro atoms. The van der Waals surface area contributed by atoms with E-state index in [9.17, 15) is 4.79 Å². The van der Waals surface area contributed by atoms with E-state index < -0.39 is 0 Å². The number of carbonyl (C=O) groups excluding carboxylic acids is 1. The van der Waals surface area contributed by atoms with Crippen LogP contribution < -0.4 is 10.1 Å². The second-order valence-corrected chi connectivity index (χ2v) is 8.86. The van der Waals surface area contributed by atoms with Gasteiger partial charge in [0.05, 0.1) is 22.4 Å². The number of benzene rings is 2. The molecule has 1 unspecified atom stereocenters. The lowest BCUT2D eigenvalue weighted by Gasteiger charge is -2.12. The average molecular weight is 430 g/mol. The quantitative estimate of drug-likeness (QED) is 0.419. The molecule has 0 aliphatic carbocycles. The molecule has 2 aromatic rings. The lowest BCUT2D eigenvalue weighted by Crippen LogP contribution is -2.32. The molecule has 1 atom stereocenters. The van der Waals surface area contributed by atoms with Gasteiger partial charge >= 0.3 is 0 Å². The normalized spacial score (nSPS) is 11.8. The van der Waals surface area contributed by atoms with Crippen molar-refractivity contribution < 1.29 is 9.53 Å². The van der Waals surface area contributed by atoms with Gasteiger partial charge in [-0.15, -0.1) is 11.8 Å². The monoisotopic (exact) mass is 429 g/mol. The first-order valence-electron chi connectivity index (χ1n) is 8.09. The van der Waals surface area contributed by atoms with Crippen LogP contribution in [-0.4, -0.2) is 30.6 Å². The molecule has 0 radical (unpaired) electrons. The average Bonchev–Trinajstić information content (AvgIpc) is 2.64. The van der Waals surface area contributed by atoms with Crippen molar-refractivity contribution in [1.29, 1.82) is 0 Å². The molecule has 1 amide bonds. The maximum absolute atomic E-state index is 12.2. The predicted molar refractivity (Wildman–Crippen MR) is 114 cm³/mol. The van der Waals surface area contributed by atoms with Crippen LogP contribution in [-0.2, 0) is 10.5 Å². The second-order valence-electron chi connectivity index (χ2n) is 5.53. The van der Waals surface area contributed by atoms with Crippen molar-refractivity contribution in [2.45, 2.75) is 22.8 Å². The van der Waals surface area contributed by atoms with Crippen LogP contribution in [0.1, 0.15) is 12.5 Å². The van der Waals surface area contributed by atoms with Crippen LogP contribution in [0, 0.1) is 0 Å². The fraction of sp³-hybridized carbons (Fsp3) is 0.316. The SMILES string of the molecule is COc1ccc(SC(C)C(=O)NCCSCc2ccc(Cl)c(Cl)c2)cc1. The van der Waals surface area contributed by atoms with Crippen molar-refractivity contribution in [1.82, 2.24) is 5.32 Å². The summed E-state index contributed by atoms with van der Waals surface area (Å²) in [4.78, 5) is 13.2. The number of ether oxygens (including phenoxy) is 1. The van der Waals surface area contributed by atoms with Crippen LogP contribution >= 0.6 is 46.7 Å². The van der Waals surface area contributed by atoms with Gasteiger partial charge in [-0.25, -0.2) is 0 Å². The van der Waals surface area contributed by atoms with Crippen molar-refractivity contribution in [3.05, 3.63) is 58.1 Å². The Balaban J connectivity index is 1.66. The lowest BCUT2D eigenvalue weighted by atomic mass is 10.2. The number of halogens is 2. The van der Waals surface area contributed by atoms with Gasteiger partial charge in [0.15, 0.2) is 0 Å². The Kier molecular flexibility index (Phi) is 8.99. The molecule has 0 aromatic heterocycles. The molecular formula is C19H21Cl2NO2S2. The largest absolute Gasteiger partial charge is 0.497 e. The van der Waals surface area contributed by atoms with E-state index in [0.717, 1.165) is 27.7 Å². The summed E-state index contributed by atoms with van der Waals surface area (Å²) >= 11 is 15.2. The Morgan fingerprint density at radius 3 is 2.54 bits per heavy atom. The summed E-state index contributed by atoms with van der Waals surface area (Å²) in [6, 6.07) is 13.4. The number of rotatable bonds is 9. The van der Waals surface area contributed by atoms with E-state index in [1.807, 2.05) is 43.3 Å². The Labute approximate surface area is 173 Å². The van der Waals surface area contributed by atoms with E-state index in [1.165, 1.54) is 11.8 Å². The van der Waals surface area contributed by atoms with Gasteiger partial charge in [0, 0.05) is 22.9 Å². The Morgan fingerprint density at radius 1 is 1.15 bits per heavy atom. The molecule has 0 heterocycles. The van der Waals surface area contributed by atoms with E-state index >= 15 is 0 Å². The third kappa shape index (κ3) is 6.95. The Hall–Kier alpha value is -1.01. The first-order valence-corrected chi connectivity index (χ1v) is 10.9. The minimum atomic E-state index is -0.150. The van der Waals surface area contributed by atoms with Crippen molar-refractivity contribution in [3.63, 3.8) is 0 Å². The van der Waals surface area contributed by atoms with Gasteiger partial charge in [-0.2, -0.15) is 11.8 Å². The molecule has 7 heteroatoms. The summed E-state index contributed by atoms with van der Waals surface area (Å²) in [5.74, 6) is 2.53. The van der Waals surface area contributed by atoms with Gasteiger partial charge in [-0.3, -0.25) is 4.79 Å². The summed E-state index contributed by atoms with van der Waals surface area (Å²) in [5.41, 5.74) is 1.12. The number of nitrogens with one attached hydrogen (secondary N) is 1. The van der Waals surface area contributed by atoms with Crippen LogP contribution in [0.5, 0.6) is 5.75 Å². The highest BCUT2D eigenvalue weighted by Gasteiger charge is 2.13. The van der Waals surface area contributed by atoms with E-state index in [4.69, 9.17) is 27.9 Å². The van der Waals surface area contributed by atoms with Crippen molar-refractivity contribution in [2.75, 3.05) is 19.4 Å². The minimum Gasteiger partial charge on any atom is -0.497 e. The summed E-state index contributed by atoms with van der Waals surface area (Å²) < 4.78 is 5.14. The van der Waals surface area contributed by atoms with Crippen LogP contribution in [0.25, 0.3) is 0 Å². The fourth-order valence-corrected chi connectivity index (χ4v) is 4.14. The molecule has 1 N–H and O–H groups in total. The molecule has 2 rings (SSSR count). The molecule has 0 fully saturated rings. The lowest BCUT2D eigenvalue weighted by molar-refractivity contribution is -0.120. The van der Waals surface area contributed by atoms with Gasteiger partial charge in [-0.1, -0.05) is 29.3 Å². The number of thioether (sulfide) groups is 2. The smallest absolute Gasteiger partial charge is 0.233 e. The van der Waals surface area contributed by atoms with Gasteiger partial charge in [-0.05, 0) is 48.9 Å². The standard InChI is InChI=1S/C19H21Cl2NO2S2/c1-13(26-16-6-4-15(24-2)5-7-16)19(23)22-9-10-25-12-14-3-8-17(20)18(21)11-14/h3-8,11,13H,9-10,12H2,1-2H3,(H,22,23). The van der Waals surface area contributed by atoms with Crippen molar-refractivity contribution in [2.24, 2.45) is 0 Å². The fourth-order valence-electron chi connectivity index (χ4n) is 2.12. The minimum absolute atomic E-state index is 0.0426. The predicted octanol–water partition coefficient (Wildman–Crippen LogP) is 5.53. The third-order valence-corrected chi connectivity index (χ3v) is 6.42. The molecule has 140 valence electrons. The van der Waals surface area contributed by atoms with Gasteiger partial charge in [0.1, 0.15) is 5.75 Å². The van der Waals surface area contributed by atoms with Gasteiger partial charge in [0.2, 0.25) is 5.91 Å². The number of hydrogen-bond acceptors (Lipinski definition) is 4. The summed E-state index contributed by atoms with van der Waals surface area (Å²) in [6.45, 7) is 2.55. The number of hydrogen-bond donors (Lipinski definition) is 1. The molecule has 0 saturated heterocycles. The summed E-state index contributed by atoms with van der Waals surface area (Å²) in [6.07, 6.45) is 0. The van der Waals surface area contributed by atoms with Crippen LogP contribution in [0.15, 0.2) is 47.4 Å². The van der Waals surface area contributed by atoms with Crippen LogP contribution in [0.2, 0.25) is 10.0 Å². The van der Waals surface area contributed by atoms with E-state index in [1.54, 1.807) is 24.9 Å². The molecular weight excluding hydrogens is 409 g/mol. The molecule has 2 aromatic carbocycles. The molecule has 3 nitrogen and oxygen atoms in total.